The smallest absolute Gasteiger partial charge is 0.322 e. The highest BCUT2D eigenvalue weighted by Gasteiger charge is 2.62. The summed E-state index contributed by atoms with van der Waals surface area (Å²) in [6.07, 6.45) is 0.611. The maximum Gasteiger partial charge on any atom is 0.322 e. The van der Waals surface area contributed by atoms with Crippen molar-refractivity contribution < 1.29 is 35.2 Å². The van der Waals surface area contributed by atoms with Crippen molar-refractivity contribution in [2.45, 2.75) is 44.2 Å². The molecular weight excluding hydrogens is 479 g/mol. The summed E-state index contributed by atoms with van der Waals surface area (Å²) in [5.41, 5.74) is -0.459. The lowest BCUT2D eigenvalue weighted by molar-refractivity contribution is -0.156. The van der Waals surface area contributed by atoms with Crippen LogP contribution >= 0.6 is 0 Å². The van der Waals surface area contributed by atoms with Gasteiger partial charge in [0.05, 0.1) is 6.04 Å². The Hall–Kier alpha value is -2.53. The van der Waals surface area contributed by atoms with E-state index in [1.165, 1.54) is 36.4 Å². The Morgan fingerprint density at radius 1 is 1.18 bits per heavy atom. The number of hydrogen-bond donors (Lipinski definition) is 1. The summed E-state index contributed by atoms with van der Waals surface area (Å²) in [7, 11) is -4.39. The lowest BCUT2D eigenvalue weighted by atomic mass is 9.91. The van der Waals surface area contributed by atoms with E-state index in [-0.39, 0.29) is 29.7 Å². The third-order valence-electron chi connectivity index (χ3n) is 6.55. The van der Waals surface area contributed by atoms with E-state index < -0.39 is 57.0 Å². The molecule has 34 heavy (non-hydrogen) atoms. The summed E-state index contributed by atoms with van der Waals surface area (Å²) in [4.78, 5) is 13.4. The Labute approximate surface area is 194 Å². The molecule has 0 unspecified atom stereocenters. The van der Waals surface area contributed by atoms with Crippen LogP contribution in [0.4, 0.5) is 22.0 Å². The van der Waals surface area contributed by atoms with E-state index in [2.05, 4.69) is 4.72 Å². The first kappa shape index (κ1) is 24.6. The number of hydrogen-bond acceptors (Lipinski definition) is 3. The predicted molar refractivity (Wildman–Crippen MR) is 115 cm³/mol. The number of amides is 1. The molecule has 1 aliphatic carbocycles. The van der Waals surface area contributed by atoms with Crippen molar-refractivity contribution in [1.82, 2.24) is 9.62 Å². The first-order chi connectivity index (χ1) is 15.9. The van der Waals surface area contributed by atoms with E-state index >= 15 is 4.39 Å². The Kier molecular flexibility index (Phi) is 6.22. The Morgan fingerprint density at radius 3 is 2.44 bits per heavy atom. The molecule has 4 rings (SSSR count). The number of rotatable bonds is 7. The van der Waals surface area contributed by atoms with Crippen molar-refractivity contribution in [2.24, 2.45) is 5.41 Å². The molecule has 2 aromatic rings. The van der Waals surface area contributed by atoms with Crippen LogP contribution in [0.2, 0.25) is 0 Å². The lowest BCUT2D eigenvalue weighted by Gasteiger charge is -2.30. The SMILES string of the molecule is CC(F)(F)C(=O)N1CC2(CC2)[C@H](NS(=O)(=O)CF)[C@@H]1Cc1cccc(-c2cccc(F)c2)c1F. The molecule has 1 amide bonds. The zero-order valence-corrected chi connectivity index (χ0v) is 19.0. The normalized spacial score (nSPS) is 21.8. The first-order valence-corrected chi connectivity index (χ1v) is 12.3. The fourth-order valence-electron chi connectivity index (χ4n) is 4.75. The van der Waals surface area contributed by atoms with Crippen LogP contribution in [0.15, 0.2) is 42.5 Å². The summed E-state index contributed by atoms with van der Waals surface area (Å²) in [5.74, 6) is -6.55. The molecule has 1 saturated heterocycles. The van der Waals surface area contributed by atoms with Gasteiger partial charge < -0.3 is 4.90 Å². The first-order valence-electron chi connectivity index (χ1n) is 10.7. The zero-order chi connectivity index (χ0) is 24.9. The Morgan fingerprint density at radius 2 is 1.85 bits per heavy atom. The van der Waals surface area contributed by atoms with E-state index in [9.17, 15) is 30.8 Å². The molecule has 1 heterocycles. The summed E-state index contributed by atoms with van der Waals surface area (Å²) in [6.45, 7) is 0.292. The Bertz CT molecular complexity index is 1210. The van der Waals surface area contributed by atoms with E-state index in [0.29, 0.717) is 19.8 Å². The largest absolute Gasteiger partial charge is 0.332 e. The minimum atomic E-state index is -4.39. The molecule has 0 radical (unpaired) electrons. The van der Waals surface area contributed by atoms with E-state index in [1.807, 2.05) is 0 Å². The fraction of sp³-hybridized carbons (Fsp3) is 0.435. The highest BCUT2D eigenvalue weighted by molar-refractivity contribution is 7.89. The van der Waals surface area contributed by atoms with Gasteiger partial charge in [0.2, 0.25) is 16.0 Å². The maximum atomic E-state index is 15.5. The molecule has 11 heteroatoms. The minimum Gasteiger partial charge on any atom is -0.332 e. The standard InChI is InChI=1S/C23H23F5N2O3S/c1-22(27,28)21(31)30-12-23(8-9-23)20(29-34(32,33)13-24)18(30)11-15-5-3-7-17(19(15)26)14-4-2-6-16(25)10-14/h2-7,10,18,20,29H,8-9,11-13H2,1H3/t18-,20+/m0/s1. The average molecular weight is 503 g/mol. The van der Waals surface area contributed by atoms with Crippen LogP contribution in [0, 0.1) is 17.0 Å². The van der Waals surface area contributed by atoms with E-state index in [4.69, 9.17) is 0 Å². The second-order valence-electron chi connectivity index (χ2n) is 9.06. The van der Waals surface area contributed by atoms with E-state index in [1.54, 1.807) is 0 Å². The van der Waals surface area contributed by atoms with Gasteiger partial charge in [0, 0.05) is 30.5 Å². The van der Waals surface area contributed by atoms with Gasteiger partial charge in [-0.3, -0.25) is 4.79 Å². The van der Waals surface area contributed by atoms with Crippen LogP contribution < -0.4 is 4.72 Å². The van der Waals surface area contributed by atoms with Crippen molar-refractivity contribution >= 4 is 15.9 Å². The molecule has 1 saturated carbocycles. The second kappa shape index (κ2) is 8.60. The number of carbonyl (C=O) groups excluding carboxylic acids is 1. The van der Waals surface area contributed by atoms with Crippen molar-refractivity contribution in [1.29, 1.82) is 0 Å². The summed E-state index contributed by atoms with van der Waals surface area (Å²) in [5, 5.41) is 0. The molecule has 1 spiro atoms. The quantitative estimate of drug-likeness (QED) is 0.582. The van der Waals surface area contributed by atoms with Crippen LogP contribution in [-0.4, -0.2) is 49.8 Å². The summed E-state index contributed by atoms with van der Waals surface area (Å²) >= 11 is 0. The fourth-order valence-corrected chi connectivity index (χ4v) is 5.60. The molecule has 184 valence electrons. The summed E-state index contributed by atoms with van der Waals surface area (Å²) < 4.78 is 96.5. The van der Waals surface area contributed by atoms with Gasteiger partial charge in [0.25, 0.3) is 5.91 Å². The van der Waals surface area contributed by atoms with Crippen LogP contribution in [0.1, 0.15) is 25.3 Å². The second-order valence-corrected chi connectivity index (χ2v) is 10.7. The molecule has 5 nitrogen and oxygen atoms in total. The highest BCUT2D eigenvalue weighted by Crippen LogP contribution is 2.56. The summed E-state index contributed by atoms with van der Waals surface area (Å²) in [6, 6.07) is 5.64. The van der Waals surface area contributed by atoms with Crippen LogP contribution in [0.3, 0.4) is 0 Å². The number of nitrogens with zero attached hydrogens (tertiary/aromatic N) is 1. The van der Waals surface area contributed by atoms with Crippen LogP contribution in [-0.2, 0) is 21.2 Å². The monoisotopic (exact) mass is 502 g/mol. The number of halogens is 5. The van der Waals surface area contributed by atoms with Crippen molar-refractivity contribution in [3.63, 3.8) is 0 Å². The van der Waals surface area contributed by atoms with E-state index in [0.717, 1.165) is 11.0 Å². The molecule has 0 aromatic heterocycles. The molecule has 0 bridgehead atoms. The van der Waals surface area contributed by atoms with Crippen molar-refractivity contribution in [3.05, 3.63) is 59.7 Å². The number of sulfonamides is 1. The van der Waals surface area contributed by atoms with Crippen LogP contribution in [0.5, 0.6) is 0 Å². The third kappa shape index (κ3) is 4.68. The van der Waals surface area contributed by atoms with Gasteiger partial charge in [-0.05, 0) is 42.5 Å². The number of carbonyl (C=O) groups is 1. The molecule has 1 aliphatic heterocycles. The molecule has 2 aromatic carbocycles. The Balaban J connectivity index is 1.74. The number of benzene rings is 2. The number of alkyl halides is 3. The maximum absolute atomic E-state index is 15.5. The van der Waals surface area contributed by atoms with Gasteiger partial charge >= 0.3 is 5.92 Å². The molecule has 2 atom stereocenters. The van der Waals surface area contributed by atoms with Gasteiger partial charge in [-0.25, -0.2) is 26.3 Å². The molecule has 1 N–H and O–H groups in total. The average Bonchev–Trinajstić information content (AvgIpc) is 3.49. The number of likely N-dealkylation sites (tertiary alicyclic amines) is 1. The highest BCUT2D eigenvalue weighted by atomic mass is 32.2. The molecule has 2 aliphatic rings. The van der Waals surface area contributed by atoms with Crippen LogP contribution in [0.25, 0.3) is 11.1 Å². The number of nitrogens with one attached hydrogen (secondary N) is 1. The predicted octanol–water partition coefficient (Wildman–Crippen LogP) is 4.04. The van der Waals surface area contributed by atoms with Gasteiger partial charge in [-0.15, -0.1) is 0 Å². The molecular formula is C23H23F5N2O3S. The van der Waals surface area contributed by atoms with Crippen molar-refractivity contribution in [3.8, 4) is 11.1 Å². The molecule has 2 fully saturated rings. The zero-order valence-electron chi connectivity index (χ0n) is 18.2. The van der Waals surface area contributed by atoms with Gasteiger partial charge in [-0.2, -0.15) is 8.78 Å². The van der Waals surface area contributed by atoms with Gasteiger partial charge in [0.1, 0.15) is 11.6 Å². The van der Waals surface area contributed by atoms with Crippen molar-refractivity contribution in [2.75, 3.05) is 12.6 Å². The lowest BCUT2D eigenvalue weighted by Crippen LogP contribution is -2.52. The minimum absolute atomic E-state index is 0.0335. The van der Waals surface area contributed by atoms with Gasteiger partial charge in [0.15, 0.2) is 0 Å². The topological polar surface area (TPSA) is 66.5 Å². The third-order valence-corrected chi connectivity index (χ3v) is 7.45. The van der Waals surface area contributed by atoms with Gasteiger partial charge in [-0.1, -0.05) is 30.3 Å².